The van der Waals surface area contributed by atoms with Gasteiger partial charge in [0.1, 0.15) is 5.76 Å². The molecule has 0 aliphatic heterocycles. The van der Waals surface area contributed by atoms with Crippen molar-refractivity contribution in [1.82, 2.24) is 14.9 Å². The molecule has 0 aliphatic carbocycles. The maximum Gasteiger partial charge on any atom is 0.230 e. The lowest BCUT2D eigenvalue weighted by atomic mass is 9.93. The Morgan fingerprint density at radius 2 is 1.89 bits per heavy atom. The van der Waals surface area contributed by atoms with E-state index < -0.39 is 0 Å². The van der Waals surface area contributed by atoms with Crippen molar-refractivity contribution in [3.8, 4) is 5.69 Å². The molecule has 0 saturated carbocycles. The Kier molecular flexibility index (Phi) is 5.55. The molecule has 0 radical (unpaired) electrons. The molecule has 0 unspecified atom stereocenters. The fraction of sp³-hybridized carbons (Fsp3) is 0.350. The van der Waals surface area contributed by atoms with Gasteiger partial charge in [-0.2, -0.15) is 5.10 Å². The number of aromatic nitrogens is 3. The van der Waals surface area contributed by atoms with Crippen LogP contribution in [0.15, 0.2) is 28.8 Å². The molecule has 1 amide bonds. The summed E-state index contributed by atoms with van der Waals surface area (Å²) in [5, 5.41) is 12.2. The molecule has 2 aromatic heterocycles. The number of nitrogens with one attached hydrogen (secondary N) is 1. The van der Waals surface area contributed by atoms with E-state index in [0.717, 1.165) is 22.6 Å². The lowest BCUT2D eigenvalue weighted by Crippen LogP contribution is -2.15. The Labute approximate surface area is 173 Å². The SMILES string of the molecule is Cc1nn(-c2ccc(Cl)c(Cl)c2)c(C)c1CC(=O)Nc1cc(C(C)(C)C)on1. The molecule has 148 valence electrons. The topological polar surface area (TPSA) is 73.0 Å². The molecule has 0 bridgehead atoms. The quantitative estimate of drug-likeness (QED) is 0.624. The third-order valence-corrected chi connectivity index (χ3v) is 5.18. The number of carbonyl (C=O) groups is 1. The van der Waals surface area contributed by atoms with E-state index in [2.05, 4.69) is 15.6 Å². The molecule has 3 rings (SSSR count). The first kappa shape index (κ1) is 20.4. The first-order valence-electron chi connectivity index (χ1n) is 8.84. The molecule has 8 heteroatoms. The summed E-state index contributed by atoms with van der Waals surface area (Å²) in [6.45, 7) is 9.84. The van der Waals surface area contributed by atoms with Crippen LogP contribution in [0.2, 0.25) is 10.0 Å². The van der Waals surface area contributed by atoms with Crippen LogP contribution in [-0.4, -0.2) is 20.8 Å². The molecule has 0 atom stereocenters. The van der Waals surface area contributed by atoms with Gasteiger partial charge in [-0.05, 0) is 32.0 Å². The molecule has 6 nitrogen and oxygen atoms in total. The maximum absolute atomic E-state index is 12.5. The van der Waals surface area contributed by atoms with Crippen LogP contribution < -0.4 is 5.32 Å². The van der Waals surface area contributed by atoms with Crippen LogP contribution in [0.4, 0.5) is 5.82 Å². The van der Waals surface area contributed by atoms with Crippen molar-refractivity contribution in [2.75, 3.05) is 5.32 Å². The number of aryl methyl sites for hydroxylation is 1. The second-order valence-electron chi connectivity index (χ2n) is 7.71. The number of hydrogen-bond acceptors (Lipinski definition) is 4. The van der Waals surface area contributed by atoms with E-state index >= 15 is 0 Å². The normalized spacial score (nSPS) is 11.7. The Morgan fingerprint density at radius 1 is 1.18 bits per heavy atom. The standard InChI is InChI=1S/C20H22Cl2N4O2/c1-11-14(9-19(27)23-18-10-17(28-25-18)20(3,4)5)12(2)26(24-11)13-6-7-15(21)16(22)8-13/h6-8,10H,9H2,1-5H3,(H,23,25,27). The smallest absolute Gasteiger partial charge is 0.230 e. The predicted molar refractivity (Wildman–Crippen MR) is 111 cm³/mol. The van der Waals surface area contributed by atoms with Crippen LogP contribution in [0.3, 0.4) is 0 Å². The van der Waals surface area contributed by atoms with Crippen LogP contribution >= 0.6 is 23.2 Å². The minimum absolute atomic E-state index is 0.176. The monoisotopic (exact) mass is 420 g/mol. The minimum atomic E-state index is -0.186. The maximum atomic E-state index is 12.5. The fourth-order valence-electron chi connectivity index (χ4n) is 2.83. The van der Waals surface area contributed by atoms with Gasteiger partial charge < -0.3 is 9.84 Å². The summed E-state index contributed by atoms with van der Waals surface area (Å²) in [6, 6.07) is 7.05. The van der Waals surface area contributed by atoms with E-state index in [4.69, 9.17) is 27.7 Å². The van der Waals surface area contributed by atoms with E-state index in [1.807, 2.05) is 40.7 Å². The molecule has 0 spiro atoms. The third kappa shape index (κ3) is 4.23. The number of nitrogens with zero attached hydrogens (tertiary/aromatic N) is 3. The molecule has 28 heavy (non-hydrogen) atoms. The average Bonchev–Trinajstić information content (AvgIpc) is 3.17. The van der Waals surface area contributed by atoms with Crippen LogP contribution in [0.25, 0.3) is 5.69 Å². The van der Waals surface area contributed by atoms with Crippen LogP contribution in [0, 0.1) is 13.8 Å². The zero-order valence-electron chi connectivity index (χ0n) is 16.4. The van der Waals surface area contributed by atoms with Gasteiger partial charge in [0.25, 0.3) is 0 Å². The summed E-state index contributed by atoms with van der Waals surface area (Å²) >= 11 is 12.1. The lowest BCUT2D eigenvalue weighted by molar-refractivity contribution is -0.115. The highest BCUT2D eigenvalue weighted by molar-refractivity contribution is 6.42. The van der Waals surface area contributed by atoms with Gasteiger partial charge in [0, 0.05) is 22.7 Å². The molecule has 0 aliphatic rings. The molecular formula is C20H22Cl2N4O2. The predicted octanol–water partition coefficient (Wildman–Crippen LogP) is 5.26. The molecule has 1 N–H and O–H groups in total. The number of benzene rings is 1. The molecule has 1 aromatic carbocycles. The highest BCUT2D eigenvalue weighted by Crippen LogP contribution is 2.27. The molecule has 0 fully saturated rings. The molecule has 3 aromatic rings. The number of anilines is 1. The number of amides is 1. The Balaban J connectivity index is 1.79. The average molecular weight is 421 g/mol. The van der Waals surface area contributed by atoms with Gasteiger partial charge in [0.2, 0.25) is 5.91 Å². The molecule has 0 saturated heterocycles. The highest BCUT2D eigenvalue weighted by Gasteiger charge is 2.21. The van der Waals surface area contributed by atoms with E-state index in [9.17, 15) is 4.79 Å². The largest absolute Gasteiger partial charge is 0.359 e. The van der Waals surface area contributed by atoms with E-state index in [0.29, 0.717) is 21.6 Å². The summed E-state index contributed by atoms with van der Waals surface area (Å²) in [5.74, 6) is 0.929. The number of carbonyl (C=O) groups excluding carboxylic acids is 1. The van der Waals surface area contributed by atoms with Gasteiger partial charge in [-0.1, -0.05) is 49.1 Å². The summed E-state index contributed by atoms with van der Waals surface area (Å²) < 4.78 is 7.06. The van der Waals surface area contributed by atoms with Crippen LogP contribution in [0.1, 0.15) is 43.5 Å². The number of rotatable bonds is 4. The fourth-order valence-corrected chi connectivity index (χ4v) is 3.13. The van der Waals surface area contributed by atoms with Gasteiger partial charge in [-0.15, -0.1) is 0 Å². The first-order chi connectivity index (χ1) is 13.1. The lowest BCUT2D eigenvalue weighted by Gasteiger charge is -2.12. The van der Waals surface area contributed by atoms with Crippen molar-refractivity contribution >= 4 is 34.9 Å². The van der Waals surface area contributed by atoms with Crippen molar-refractivity contribution in [3.63, 3.8) is 0 Å². The summed E-state index contributed by atoms with van der Waals surface area (Å²) in [6.07, 6.45) is 0.177. The zero-order chi connectivity index (χ0) is 20.6. The Bertz CT molecular complexity index is 1030. The summed E-state index contributed by atoms with van der Waals surface area (Å²) in [7, 11) is 0. The molecular weight excluding hydrogens is 399 g/mol. The first-order valence-corrected chi connectivity index (χ1v) is 9.59. The minimum Gasteiger partial charge on any atom is -0.359 e. The van der Waals surface area contributed by atoms with E-state index in [1.54, 1.807) is 22.9 Å². The van der Waals surface area contributed by atoms with Crippen LogP contribution in [0.5, 0.6) is 0 Å². The van der Waals surface area contributed by atoms with Gasteiger partial charge in [0.05, 0.1) is 27.8 Å². The zero-order valence-corrected chi connectivity index (χ0v) is 17.9. The van der Waals surface area contributed by atoms with Crippen molar-refractivity contribution in [1.29, 1.82) is 0 Å². The van der Waals surface area contributed by atoms with Gasteiger partial charge in [0.15, 0.2) is 5.82 Å². The number of halogens is 2. The summed E-state index contributed by atoms with van der Waals surface area (Å²) in [5.41, 5.74) is 3.09. The number of hydrogen-bond donors (Lipinski definition) is 1. The van der Waals surface area contributed by atoms with Crippen LogP contribution in [-0.2, 0) is 16.6 Å². The van der Waals surface area contributed by atoms with Crippen molar-refractivity contribution in [3.05, 3.63) is 57.0 Å². The van der Waals surface area contributed by atoms with E-state index in [-0.39, 0.29) is 17.7 Å². The molecule has 2 heterocycles. The Morgan fingerprint density at radius 3 is 2.50 bits per heavy atom. The second-order valence-corrected chi connectivity index (χ2v) is 8.53. The van der Waals surface area contributed by atoms with Gasteiger partial charge in [-0.25, -0.2) is 4.68 Å². The van der Waals surface area contributed by atoms with E-state index in [1.165, 1.54) is 0 Å². The summed E-state index contributed by atoms with van der Waals surface area (Å²) in [4.78, 5) is 12.5. The van der Waals surface area contributed by atoms with Crippen molar-refractivity contribution < 1.29 is 9.32 Å². The second kappa shape index (κ2) is 7.60. The Hall–Kier alpha value is -2.31. The van der Waals surface area contributed by atoms with Crippen molar-refractivity contribution in [2.45, 2.75) is 46.5 Å². The highest BCUT2D eigenvalue weighted by atomic mass is 35.5. The third-order valence-electron chi connectivity index (χ3n) is 4.44. The van der Waals surface area contributed by atoms with Gasteiger partial charge in [-0.3, -0.25) is 4.79 Å². The van der Waals surface area contributed by atoms with Gasteiger partial charge >= 0.3 is 0 Å². The van der Waals surface area contributed by atoms with Crippen molar-refractivity contribution in [2.24, 2.45) is 0 Å².